The molecule has 0 unspecified atom stereocenters. The summed E-state index contributed by atoms with van der Waals surface area (Å²) in [5.41, 5.74) is -0.509. The number of hydrogen-bond donors (Lipinski definition) is 1. The van der Waals surface area contributed by atoms with Gasteiger partial charge < -0.3 is 14.8 Å². The van der Waals surface area contributed by atoms with Gasteiger partial charge in [0, 0.05) is 7.05 Å². The number of rotatable bonds is 7. The molecule has 1 N–H and O–H groups in total. The van der Waals surface area contributed by atoms with Gasteiger partial charge in [0.05, 0.1) is 24.2 Å². The molecule has 0 saturated carbocycles. The van der Waals surface area contributed by atoms with Crippen LogP contribution in [0, 0.1) is 17.0 Å². The first-order valence-electron chi connectivity index (χ1n) is 8.09. The highest BCUT2D eigenvalue weighted by atomic mass is 32.1. The first-order valence-corrected chi connectivity index (χ1v) is 8.91. The number of thiophene rings is 1. The molecule has 0 radical (unpaired) electrons. The molecule has 0 bridgehead atoms. The van der Waals surface area contributed by atoms with Gasteiger partial charge in [0.25, 0.3) is 5.91 Å². The Bertz CT molecular complexity index is 947. The number of methoxy groups -OCH3 is 1. The van der Waals surface area contributed by atoms with Gasteiger partial charge in [0.2, 0.25) is 5.69 Å². The Morgan fingerprint density at radius 3 is 2.61 bits per heavy atom. The number of aryl methyl sites for hydroxylation is 1. The molecule has 0 aliphatic carbocycles. The standard InChI is InChI=1S/C16H18N4O7S/c1-5-6-27-15(22)10-8(2)12(16(23)26-4)28-14(10)18-13(21)11-9(20(24)25)7-17-19(11)3/h7H,5-6H2,1-4H3,(H,18,21). The molecule has 12 heteroatoms. The fraction of sp³-hybridized carbons (Fsp3) is 0.375. The lowest BCUT2D eigenvalue weighted by atomic mass is 10.1. The van der Waals surface area contributed by atoms with Gasteiger partial charge in [0.15, 0.2) is 0 Å². The average molecular weight is 410 g/mol. The third-order valence-corrected chi connectivity index (χ3v) is 4.90. The molecule has 0 aliphatic rings. The lowest BCUT2D eigenvalue weighted by molar-refractivity contribution is -0.385. The molecule has 1 amide bonds. The van der Waals surface area contributed by atoms with Crippen LogP contribution in [0.25, 0.3) is 0 Å². The summed E-state index contributed by atoms with van der Waals surface area (Å²) in [6, 6.07) is 0. The van der Waals surface area contributed by atoms with Gasteiger partial charge in [-0.3, -0.25) is 19.6 Å². The SMILES string of the molecule is CCCOC(=O)c1c(NC(=O)c2c([N+](=O)[O-])cnn2C)sc(C(=O)OC)c1C. The number of carbonyl (C=O) groups is 3. The van der Waals surface area contributed by atoms with Crippen molar-refractivity contribution in [3.63, 3.8) is 0 Å². The van der Waals surface area contributed by atoms with Crippen LogP contribution in [-0.4, -0.2) is 46.3 Å². The van der Waals surface area contributed by atoms with Crippen molar-refractivity contribution < 1.29 is 28.8 Å². The van der Waals surface area contributed by atoms with E-state index in [0.717, 1.165) is 22.2 Å². The molecule has 2 aromatic heterocycles. The summed E-state index contributed by atoms with van der Waals surface area (Å²) >= 11 is 0.819. The maximum atomic E-state index is 12.6. The highest BCUT2D eigenvalue weighted by Gasteiger charge is 2.30. The van der Waals surface area contributed by atoms with E-state index < -0.39 is 28.5 Å². The third-order valence-electron chi connectivity index (χ3n) is 3.72. The fourth-order valence-corrected chi connectivity index (χ4v) is 3.49. The predicted molar refractivity (Wildman–Crippen MR) is 98.8 cm³/mol. The molecular formula is C16H18N4O7S. The number of aromatic nitrogens is 2. The second kappa shape index (κ2) is 8.61. The van der Waals surface area contributed by atoms with Crippen molar-refractivity contribution in [1.29, 1.82) is 0 Å². The van der Waals surface area contributed by atoms with Gasteiger partial charge in [0.1, 0.15) is 16.1 Å². The Kier molecular flexibility index (Phi) is 6.46. The monoisotopic (exact) mass is 410 g/mol. The summed E-state index contributed by atoms with van der Waals surface area (Å²) in [6.07, 6.45) is 1.53. The van der Waals surface area contributed by atoms with Crippen LogP contribution in [0.4, 0.5) is 10.7 Å². The van der Waals surface area contributed by atoms with Crippen LogP contribution < -0.4 is 5.32 Å². The molecule has 0 spiro atoms. The summed E-state index contributed by atoms with van der Waals surface area (Å²) in [7, 11) is 2.56. The average Bonchev–Trinajstić information content (AvgIpc) is 3.19. The zero-order chi connectivity index (χ0) is 21.0. The number of anilines is 1. The van der Waals surface area contributed by atoms with E-state index in [4.69, 9.17) is 9.47 Å². The van der Waals surface area contributed by atoms with Gasteiger partial charge in [-0.2, -0.15) is 5.10 Å². The van der Waals surface area contributed by atoms with Crippen LogP contribution in [0.3, 0.4) is 0 Å². The quantitative estimate of drug-likeness (QED) is 0.416. The van der Waals surface area contributed by atoms with Crippen LogP contribution in [0.5, 0.6) is 0 Å². The van der Waals surface area contributed by atoms with Gasteiger partial charge >= 0.3 is 17.6 Å². The lowest BCUT2D eigenvalue weighted by Gasteiger charge is -2.07. The first-order chi connectivity index (χ1) is 13.2. The molecule has 0 fully saturated rings. The normalized spacial score (nSPS) is 10.4. The predicted octanol–water partition coefficient (Wildman–Crippen LogP) is 2.30. The van der Waals surface area contributed by atoms with Crippen LogP contribution in [-0.2, 0) is 16.5 Å². The topological polar surface area (TPSA) is 143 Å². The Morgan fingerprint density at radius 1 is 1.36 bits per heavy atom. The molecule has 0 saturated heterocycles. The lowest BCUT2D eigenvalue weighted by Crippen LogP contribution is -2.19. The number of nitrogens with one attached hydrogen (secondary N) is 1. The van der Waals surface area contributed by atoms with E-state index in [-0.39, 0.29) is 33.3 Å². The van der Waals surface area contributed by atoms with E-state index in [2.05, 4.69) is 10.4 Å². The van der Waals surface area contributed by atoms with Crippen molar-refractivity contribution in [3.05, 3.63) is 38.0 Å². The number of carbonyl (C=O) groups excluding carboxylic acids is 3. The number of hydrogen-bond acceptors (Lipinski definition) is 9. The Labute approximate surface area is 163 Å². The molecule has 0 aromatic carbocycles. The minimum atomic E-state index is -0.853. The molecule has 2 rings (SSSR count). The summed E-state index contributed by atoms with van der Waals surface area (Å²) in [5.74, 6) is -2.26. The van der Waals surface area contributed by atoms with Crippen LogP contribution in [0.2, 0.25) is 0 Å². The summed E-state index contributed by atoms with van der Waals surface area (Å²) in [5, 5.41) is 17.3. The molecular weight excluding hydrogens is 392 g/mol. The highest BCUT2D eigenvalue weighted by molar-refractivity contribution is 7.18. The van der Waals surface area contributed by atoms with Crippen LogP contribution >= 0.6 is 11.3 Å². The van der Waals surface area contributed by atoms with Gasteiger partial charge in [-0.15, -0.1) is 11.3 Å². The van der Waals surface area contributed by atoms with Gasteiger partial charge in [-0.1, -0.05) is 6.92 Å². The molecule has 2 aromatic rings. The molecule has 150 valence electrons. The van der Waals surface area contributed by atoms with Crippen molar-refractivity contribution in [1.82, 2.24) is 9.78 Å². The smallest absolute Gasteiger partial charge is 0.348 e. The summed E-state index contributed by atoms with van der Waals surface area (Å²) in [6.45, 7) is 3.49. The zero-order valence-corrected chi connectivity index (χ0v) is 16.4. The summed E-state index contributed by atoms with van der Waals surface area (Å²) in [4.78, 5) is 47.5. The maximum Gasteiger partial charge on any atom is 0.348 e. The minimum Gasteiger partial charge on any atom is -0.465 e. The van der Waals surface area contributed by atoms with Gasteiger partial charge in [-0.25, -0.2) is 9.59 Å². The van der Waals surface area contributed by atoms with Crippen LogP contribution in [0.1, 0.15) is 49.4 Å². The largest absolute Gasteiger partial charge is 0.465 e. The van der Waals surface area contributed by atoms with E-state index in [1.54, 1.807) is 0 Å². The fourth-order valence-electron chi connectivity index (χ4n) is 2.39. The van der Waals surface area contributed by atoms with Crippen LogP contribution in [0.15, 0.2) is 6.20 Å². The van der Waals surface area contributed by atoms with E-state index >= 15 is 0 Å². The van der Waals surface area contributed by atoms with Gasteiger partial charge in [-0.05, 0) is 18.9 Å². The van der Waals surface area contributed by atoms with E-state index in [0.29, 0.717) is 6.42 Å². The van der Waals surface area contributed by atoms with Crippen molar-refractivity contribution in [3.8, 4) is 0 Å². The third kappa shape index (κ3) is 4.01. The Balaban J connectivity index is 2.48. The number of nitro groups is 1. The number of amides is 1. The molecule has 2 heterocycles. The second-order valence-corrected chi connectivity index (χ2v) is 6.62. The number of nitrogens with zero attached hydrogens (tertiary/aromatic N) is 3. The minimum absolute atomic E-state index is 0.00276. The maximum absolute atomic E-state index is 12.6. The van der Waals surface area contributed by atoms with Crippen molar-refractivity contribution in [2.24, 2.45) is 7.05 Å². The number of esters is 2. The zero-order valence-electron chi connectivity index (χ0n) is 15.6. The molecule has 0 aliphatic heterocycles. The molecule has 0 atom stereocenters. The first kappa shape index (κ1) is 21.0. The van der Waals surface area contributed by atoms with E-state index in [9.17, 15) is 24.5 Å². The Morgan fingerprint density at radius 2 is 2.04 bits per heavy atom. The molecule has 28 heavy (non-hydrogen) atoms. The van der Waals surface area contributed by atoms with E-state index in [1.807, 2.05) is 6.92 Å². The van der Waals surface area contributed by atoms with Crippen molar-refractivity contribution in [2.75, 3.05) is 19.0 Å². The molecule has 11 nitrogen and oxygen atoms in total. The Hall–Kier alpha value is -3.28. The second-order valence-electron chi connectivity index (χ2n) is 5.60. The van der Waals surface area contributed by atoms with Crippen molar-refractivity contribution >= 4 is 39.9 Å². The van der Waals surface area contributed by atoms with Crippen molar-refractivity contribution in [2.45, 2.75) is 20.3 Å². The number of ether oxygens (including phenoxy) is 2. The highest BCUT2D eigenvalue weighted by Crippen LogP contribution is 2.35. The summed E-state index contributed by atoms with van der Waals surface area (Å²) < 4.78 is 10.9. The van der Waals surface area contributed by atoms with E-state index in [1.165, 1.54) is 21.1 Å².